The molecule has 0 atom stereocenters. The molecule has 1 heterocycles. The predicted molar refractivity (Wildman–Crippen MR) is 132 cm³/mol. The van der Waals surface area contributed by atoms with Crippen molar-refractivity contribution in [2.24, 2.45) is 0 Å². The van der Waals surface area contributed by atoms with Gasteiger partial charge in [-0.25, -0.2) is 0 Å². The second-order valence-corrected chi connectivity index (χ2v) is 8.19. The lowest BCUT2D eigenvalue weighted by Gasteiger charge is -2.08. The smallest absolute Gasteiger partial charge is 0.137 e. The number of aromatic nitrogens is 1. The second kappa shape index (κ2) is 16.5. The van der Waals surface area contributed by atoms with Gasteiger partial charge in [0, 0.05) is 18.8 Å². The minimum atomic E-state index is 0.766. The van der Waals surface area contributed by atoms with Gasteiger partial charge in [0.2, 0.25) is 0 Å². The molecule has 0 spiro atoms. The highest BCUT2D eigenvalue weighted by Crippen LogP contribution is 2.21. The average Bonchev–Trinajstić information content (AvgIpc) is 2.81. The summed E-state index contributed by atoms with van der Waals surface area (Å²) in [6.07, 6.45) is 16.9. The molecule has 170 valence electrons. The maximum atomic E-state index is 5.84. The maximum absolute atomic E-state index is 5.84. The molecule has 0 unspecified atom stereocenters. The Morgan fingerprint density at radius 1 is 0.806 bits per heavy atom. The molecular formula is C28H41NO2. The fourth-order valence-corrected chi connectivity index (χ4v) is 3.55. The molecule has 0 bridgehead atoms. The van der Waals surface area contributed by atoms with Crippen LogP contribution in [0.3, 0.4) is 0 Å². The molecule has 0 N–H and O–H groups in total. The third-order valence-electron chi connectivity index (χ3n) is 5.41. The van der Waals surface area contributed by atoms with Gasteiger partial charge in [0.05, 0.1) is 18.5 Å². The van der Waals surface area contributed by atoms with Crippen molar-refractivity contribution in [3.8, 4) is 17.0 Å². The summed E-state index contributed by atoms with van der Waals surface area (Å²) < 4.78 is 11.4. The first-order valence-electron chi connectivity index (χ1n) is 12.2. The van der Waals surface area contributed by atoms with Gasteiger partial charge in [-0.3, -0.25) is 4.98 Å². The van der Waals surface area contributed by atoms with E-state index in [0.29, 0.717) is 0 Å². The van der Waals surface area contributed by atoms with Crippen molar-refractivity contribution < 1.29 is 9.47 Å². The van der Waals surface area contributed by atoms with E-state index in [1.165, 1.54) is 44.1 Å². The zero-order chi connectivity index (χ0) is 22.0. The van der Waals surface area contributed by atoms with Gasteiger partial charge in [-0.15, -0.1) is 6.58 Å². The average molecular weight is 424 g/mol. The van der Waals surface area contributed by atoms with Crippen LogP contribution >= 0.6 is 0 Å². The number of hydrogen-bond acceptors (Lipinski definition) is 3. The fraction of sp³-hybridized carbons (Fsp3) is 0.536. The lowest BCUT2D eigenvalue weighted by Crippen LogP contribution is -1.98. The molecule has 0 aliphatic carbocycles. The first-order chi connectivity index (χ1) is 15.3. The zero-order valence-electron chi connectivity index (χ0n) is 19.5. The van der Waals surface area contributed by atoms with Crippen LogP contribution in [0.25, 0.3) is 11.3 Å². The molecular weight excluding hydrogens is 382 g/mol. The molecule has 1 aromatic carbocycles. The largest absolute Gasteiger partial charge is 0.492 e. The number of rotatable bonds is 18. The monoisotopic (exact) mass is 423 g/mol. The Bertz CT molecular complexity index is 694. The van der Waals surface area contributed by atoms with Crippen molar-refractivity contribution in [3.05, 3.63) is 60.8 Å². The summed E-state index contributed by atoms with van der Waals surface area (Å²) in [6.45, 7) is 8.47. The molecule has 0 fully saturated rings. The van der Waals surface area contributed by atoms with E-state index >= 15 is 0 Å². The van der Waals surface area contributed by atoms with Crippen molar-refractivity contribution in [1.29, 1.82) is 0 Å². The molecule has 2 aromatic rings. The minimum Gasteiger partial charge on any atom is -0.492 e. The van der Waals surface area contributed by atoms with E-state index < -0.39 is 0 Å². The van der Waals surface area contributed by atoms with E-state index in [4.69, 9.17) is 9.47 Å². The van der Waals surface area contributed by atoms with Crippen molar-refractivity contribution in [1.82, 2.24) is 4.98 Å². The standard InChI is InChI=1S/C28H41NO2/c1-3-5-6-7-8-9-13-23-31-27-19-20-28(29-24-27)26-17-15-25(16-18-26)14-11-10-12-22-30-21-4-2/h3,15-20,24H,1,4-14,21-23H2,2H3. The van der Waals surface area contributed by atoms with Gasteiger partial charge < -0.3 is 9.47 Å². The Morgan fingerprint density at radius 3 is 2.29 bits per heavy atom. The highest BCUT2D eigenvalue weighted by atomic mass is 16.5. The molecule has 0 radical (unpaired) electrons. The van der Waals surface area contributed by atoms with Crippen LogP contribution in [-0.4, -0.2) is 24.8 Å². The Balaban J connectivity index is 1.63. The molecule has 2 rings (SSSR count). The van der Waals surface area contributed by atoms with Crippen LogP contribution in [0.4, 0.5) is 0 Å². The normalized spacial score (nSPS) is 10.9. The lowest BCUT2D eigenvalue weighted by molar-refractivity contribution is 0.130. The van der Waals surface area contributed by atoms with Gasteiger partial charge in [0.15, 0.2) is 0 Å². The molecule has 3 heteroatoms. The van der Waals surface area contributed by atoms with Crippen LogP contribution in [0.1, 0.15) is 76.7 Å². The molecule has 0 aliphatic heterocycles. The van der Waals surface area contributed by atoms with E-state index in [9.17, 15) is 0 Å². The van der Waals surface area contributed by atoms with Crippen molar-refractivity contribution >= 4 is 0 Å². The van der Waals surface area contributed by atoms with E-state index in [2.05, 4.69) is 48.8 Å². The summed E-state index contributed by atoms with van der Waals surface area (Å²) in [7, 11) is 0. The van der Waals surface area contributed by atoms with Gasteiger partial charge in [-0.2, -0.15) is 0 Å². The van der Waals surface area contributed by atoms with Gasteiger partial charge >= 0.3 is 0 Å². The Morgan fingerprint density at radius 2 is 1.55 bits per heavy atom. The maximum Gasteiger partial charge on any atom is 0.137 e. The molecule has 31 heavy (non-hydrogen) atoms. The summed E-state index contributed by atoms with van der Waals surface area (Å²) in [5.41, 5.74) is 3.54. The van der Waals surface area contributed by atoms with Crippen molar-refractivity contribution in [2.75, 3.05) is 19.8 Å². The molecule has 0 amide bonds. The first kappa shape index (κ1) is 25.1. The minimum absolute atomic E-state index is 0.766. The van der Waals surface area contributed by atoms with Gasteiger partial charge in [0.1, 0.15) is 5.75 Å². The molecule has 0 saturated heterocycles. The summed E-state index contributed by atoms with van der Waals surface area (Å²) in [5.74, 6) is 0.856. The van der Waals surface area contributed by atoms with E-state index in [1.807, 2.05) is 18.3 Å². The van der Waals surface area contributed by atoms with E-state index in [-0.39, 0.29) is 0 Å². The molecule has 0 saturated carbocycles. The topological polar surface area (TPSA) is 31.4 Å². The highest BCUT2D eigenvalue weighted by Gasteiger charge is 2.02. The number of hydrogen-bond donors (Lipinski definition) is 0. The lowest BCUT2D eigenvalue weighted by atomic mass is 10.0. The van der Waals surface area contributed by atoms with Crippen LogP contribution in [0.15, 0.2) is 55.3 Å². The zero-order valence-corrected chi connectivity index (χ0v) is 19.5. The highest BCUT2D eigenvalue weighted by molar-refractivity contribution is 5.59. The van der Waals surface area contributed by atoms with E-state index in [1.54, 1.807) is 0 Å². The number of nitrogens with zero attached hydrogens (tertiary/aromatic N) is 1. The third kappa shape index (κ3) is 11.2. The van der Waals surface area contributed by atoms with Gasteiger partial charge in [-0.05, 0) is 62.6 Å². The number of pyridine rings is 1. The van der Waals surface area contributed by atoms with Crippen molar-refractivity contribution in [3.63, 3.8) is 0 Å². The molecule has 1 aromatic heterocycles. The molecule has 0 aliphatic rings. The Hall–Kier alpha value is -2.13. The van der Waals surface area contributed by atoms with Crippen LogP contribution in [-0.2, 0) is 11.2 Å². The fourth-order valence-electron chi connectivity index (χ4n) is 3.55. The number of ether oxygens (including phenoxy) is 2. The predicted octanol–water partition coefficient (Wildman–Crippen LogP) is 7.79. The van der Waals surface area contributed by atoms with Crippen LogP contribution in [0.2, 0.25) is 0 Å². The Kier molecular flexibility index (Phi) is 13.4. The summed E-state index contributed by atoms with van der Waals surface area (Å²) in [5, 5.41) is 0. The second-order valence-electron chi connectivity index (χ2n) is 8.19. The van der Waals surface area contributed by atoms with Gasteiger partial charge in [-0.1, -0.05) is 62.9 Å². The first-order valence-corrected chi connectivity index (χ1v) is 12.2. The Labute approximate surface area is 189 Å². The third-order valence-corrected chi connectivity index (χ3v) is 5.41. The number of aryl methyl sites for hydroxylation is 1. The molecule has 3 nitrogen and oxygen atoms in total. The van der Waals surface area contributed by atoms with E-state index in [0.717, 1.165) is 68.9 Å². The summed E-state index contributed by atoms with van der Waals surface area (Å²) in [4.78, 5) is 4.59. The van der Waals surface area contributed by atoms with Crippen LogP contribution in [0.5, 0.6) is 5.75 Å². The van der Waals surface area contributed by atoms with Crippen LogP contribution in [0, 0.1) is 0 Å². The summed E-state index contributed by atoms with van der Waals surface area (Å²) in [6, 6.07) is 12.9. The quantitative estimate of drug-likeness (QED) is 0.181. The number of benzene rings is 1. The van der Waals surface area contributed by atoms with Gasteiger partial charge in [0.25, 0.3) is 0 Å². The van der Waals surface area contributed by atoms with Crippen molar-refractivity contribution in [2.45, 2.75) is 77.6 Å². The number of allylic oxidation sites excluding steroid dienone is 1. The SMILES string of the molecule is C=CCCCCCCCOc1ccc(-c2ccc(CCCCCOCCC)cc2)nc1. The number of unbranched alkanes of at least 4 members (excludes halogenated alkanes) is 7. The van der Waals surface area contributed by atoms with Crippen LogP contribution < -0.4 is 4.74 Å². The summed E-state index contributed by atoms with van der Waals surface area (Å²) >= 11 is 0.